The van der Waals surface area contributed by atoms with E-state index in [2.05, 4.69) is 11.1 Å². The van der Waals surface area contributed by atoms with Crippen molar-refractivity contribution in [2.45, 2.75) is 11.3 Å². The first-order valence-electron chi connectivity index (χ1n) is 4.99. The van der Waals surface area contributed by atoms with Crippen molar-refractivity contribution in [1.29, 1.82) is 5.41 Å². The average Bonchev–Trinajstić information content (AvgIpc) is 2.68. The van der Waals surface area contributed by atoms with Crippen LogP contribution in [0.5, 0.6) is 0 Å². The summed E-state index contributed by atoms with van der Waals surface area (Å²) in [5.74, 6) is 1.17. The quantitative estimate of drug-likeness (QED) is 0.499. The second-order valence-corrected chi connectivity index (χ2v) is 5.91. The molecule has 0 radical (unpaired) electrons. The van der Waals surface area contributed by atoms with Crippen molar-refractivity contribution in [3.63, 3.8) is 0 Å². The highest BCUT2D eigenvalue weighted by molar-refractivity contribution is 8.01. The molecule has 5 heteroatoms. The number of thiazole rings is 1. The Morgan fingerprint density at radius 2 is 2.31 bits per heavy atom. The number of para-hydroxylation sites is 1. The molecule has 0 fully saturated rings. The van der Waals surface area contributed by atoms with Crippen molar-refractivity contribution in [3.05, 3.63) is 24.3 Å². The van der Waals surface area contributed by atoms with Gasteiger partial charge >= 0.3 is 0 Å². The fourth-order valence-corrected chi connectivity index (χ4v) is 3.34. The highest BCUT2D eigenvalue weighted by atomic mass is 32.2. The van der Waals surface area contributed by atoms with Gasteiger partial charge < -0.3 is 5.73 Å². The highest BCUT2D eigenvalue weighted by Gasteiger charge is 2.08. The molecule has 1 atom stereocenters. The van der Waals surface area contributed by atoms with Crippen molar-refractivity contribution in [2.75, 3.05) is 5.75 Å². The molecule has 0 bridgehead atoms. The van der Waals surface area contributed by atoms with E-state index in [1.54, 1.807) is 23.1 Å². The van der Waals surface area contributed by atoms with E-state index in [0.29, 0.717) is 0 Å². The summed E-state index contributed by atoms with van der Waals surface area (Å²) in [6.45, 7) is 1.96. The molecule has 1 heterocycles. The summed E-state index contributed by atoms with van der Waals surface area (Å²) in [6.07, 6.45) is 0. The Balaban J connectivity index is 2.07. The largest absolute Gasteiger partial charge is 0.387 e. The maximum Gasteiger partial charge on any atom is 0.151 e. The lowest BCUT2D eigenvalue weighted by Crippen LogP contribution is -2.21. The molecule has 2 aromatic rings. The minimum absolute atomic E-state index is 0.108. The van der Waals surface area contributed by atoms with Crippen LogP contribution in [0.25, 0.3) is 10.2 Å². The van der Waals surface area contributed by atoms with Crippen LogP contribution in [0.4, 0.5) is 0 Å². The van der Waals surface area contributed by atoms with Gasteiger partial charge in [-0.3, -0.25) is 5.41 Å². The molecule has 0 saturated carbocycles. The Hall–Kier alpha value is -1.07. The van der Waals surface area contributed by atoms with Crippen LogP contribution in [0.2, 0.25) is 0 Å². The SMILES string of the molecule is CC(CSc1nc2ccccc2s1)C(=N)N. The van der Waals surface area contributed by atoms with Crippen LogP contribution in [0.15, 0.2) is 28.6 Å². The van der Waals surface area contributed by atoms with Gasteiger partial charge in [-0.25, -0.2) is 4.98 Å². The van der Waals surface area contributed by atoms with Gasteiger partial charge in [0, 0.05) is 11.7 Å². The van der Waals surface area contributed by atoms with Gasteiger partial charge in [-0.15, -0.1) is 11.3 Å². The molecular weight excluding hydrogens is 238 g/mol. The number of aromatic nitrogens is 1. The lowest BCUT2D eigenvalue weighted by molar-refractivity contribution is 0.879. The summed E-state index contributed by atoms with van der Waals surface area (Å²) >= 11 is 3.36. The van der Waals surface area contributed by atoms with Crippen LogP contribution >= 0.6 is 23.1 Å². The van der Waals surface area contributed by atoms with Gasteiger partial charge in [-0.05, 0) is 12.1 Å². The second kappa shape index (κ2) is 4.84. The molecule has 0 aliphatic rings. The fourth-order valence-electron chi connectivity index (χ4n) is 1.20. The lowest BCUT2D eigenvalue weighted by Gasteiger charge is -2.06. The average molecular weight is 251 g/mol. The van der Waals surface area contributed by atoms with Crippen molar-refractivity contribution in [3.8, 4) is 0 Å². The third kappa shape index (κ3) is 2.54. The van der Waals surface area contributed by atoms with Gasteiger partial charge in [0.15, 0.2) is 4.34 Å². The molecule has 0 saturated heterocycles. The Morgan fingerprint density at radius 1 is 1.56 bits per heavy atom. The Bertz CT molecular complexity index is 474. The predicted octanol–water partition coefficient (Wildman–Crippen LogP) is 2.96. The molecule has 0 spiro atoms. The van der Waals surface area contributed by atoms with Crippen LogP contribution in [-0.2, 0) is 0 Å². The maximum atomic E-state index is 7.32. The number of rotatable bonds is 4. The molecule has 16 heavy (non-hydrogen) atoms. The highest BCUT2D eigenvalue weighted by Crippen LogP contribution is 2.30. The zero-order valence-corrected chi connectivity index (χ0v) is 10.6. The first-order valence-corrected chi connectivity index (χ1v) is 6.79. The minimum Gasteiger partial charge on any atom is -0.387 e. The number of amidine groups is 1. The number of fused-ring (bicyclic) bond motifs is 1. The summed E-state index contributed by atoms with van der Waals surface area (Å²) in [6, 6.07) is 8.11. The number of nitrogens with two attached hydrogens (primary N) is 1. The molecule has 1 aromatic heterocycles. The molecule has 1 unspecified atom stereocenters. The molecule has 0 aliphatic heterocycles. The van der Waals surface area contributed by atoms with Crippen molar-refractivity contribution in [2.24, 2.45) is 11.7 Å². The first kappa shape index (κ1) is 11.4. The van der Waals surface area contributed by atoms with E-state index in [1.807, 2.05) is 25.1 Å². The summed E-state index contributed by atoms with van der Waals surface area (Å²) in [7, 11) is 0. The molecular formula is C11H13N3S2. The minimum atomic E-state index is 0.108. The molecule has 3 N–H and O–H groups in total. The van der Waals surface area contributed by atoms with Gasteiger partial charge in [0.05, 0.1) is 16.1 Å². The summed E-state index contributed by atoms with van der Waals surface area (Å²) in [4.78, 5) is 4.51. The first-order chi connectivity index (χ1) is 7.66. The summed E-state index contributed by atoms with van der Waals surface area (Å²) in [5.41, 5.74) is 6.47. The third-order valence-corrected chi connectivity index (χ3v) is 4.70. The normalized spacial score (nSPS) is 12.8. The molecule has 3 nitrogen and oxygen atoms in total. The van der Waals surface area contributed by atoms with E-state index in [-0.39, 0.29) is 11.8 Å². The van der Waals surface area contributed by atoms with Crippen LogP contribution in [0.1, 0.15) is 6.92 Å². The summed E-state index contributed by atoms with van der Waals surface area (Å²) in [5, 5.41) is 7.32. The molecule has 2 rings (SSSR count). The van der Waals surface area contributed by atoms with Gasteiger partial charge in [-0.1, -0.05) is 30.8 Å². The number of hydrogen-bond donors (Lipinski definition) is 2. The molecule has 1 aromatic carbocycles. The topological polar surface area (TPSA) is 62.8 Å². The van der Waals surface area contributed by atoms with E-state index < -0.39 is 0 Å². The second-order valence-electron chi connectivity index (χ2n) is 3.61. The zero-order chi connectivity index (χ0) is 11.5. The lowest BCUT2D eigenvalue weighted by atomic mass is 10.2. The standard InChI is InChI=1S/C11H13N3S2/c1-7(10(12)13)6-15-11-14-8-4-2-3-5-9(8)16-11/h2-5,7H,6H2,1H3,(H3,12,13). The van der Waals surface area contributed by atoms with E-state index in [4.69, 9.17) is 11.1 Å². The van der Waals surface area contributed by atoms with Crippen molar-refractivity contribution < 1.29 is 0 Å². The Labute approximate surface area is 103 Å². The van der Waals surface area contributed by atoms with E-state index in [0.717, 1.165) is 15.6 Å². The van der Waals surface area contributed by atoms with E-state index in [1.165, 1.54) is 4.70 Å². The number of benzene rings is 1. The van der Waals surface area contributed by atoms with Gasteiger partial charge in [-0.2, -0.15) is 0 Å². The number of nitrogens with one attached hydrogen (secondary N) is 1. The zero-order valence-electron chi connectivity index (χ0n) is 8.93. The van der Waals surface area contributed by atoms with Crippen LogP contribution in [-0.4, -0.2) is 16.6 Å². The third-order valence-electron chi connectivity index (χ3n) is 2.26. The van der Waals surface area contributed by atoms with Crippen molar-refractivity contribution in [1.82, 2.24) is 4.98 Å². The number of nitrogens with zero attached hydrogens (tertiary/aromatic N) is 1. The smallest absolute Gasteiger partial charge is 0.151 e. The number of hydrogen-bond acceptors (Lipinski definition) is 4. The van der Waals surface area contributed by atoms with Crippen LogP contribution in [0, 0.1) is 11.3 Å². The maximum absolute atomic E-state index is 7.32. The van der Waals surface area contributed by atoms with Crippen LogP contribution < -0.4 is 5.73 Å². The van der Waals surface area contributed by atoms with Gasteiger partial charge in [0.25, 0.3) is 0 Å². The molecule has 0 amide bonds. The monoisotopic (exact) mass is 251 g/mol. The molecule has 84 valence electrons. The predicted molar refractivity (Wildman–Crippen MR) is 71.4 cm³/mol. The summed E-state index contributed by atoms with van der Waals surface area (Å²) < 4.78 is 2.26. The van der Waals surface area contributed by atoms with Crippen molar-refractivity contribution >= 4 is 39.2 Å². The Morgan fingerprint density at radius 3 is 3.00 bits per heavy atom. The molecule has 0 aliphatic carbocycles. The fraction of sp³-hybridized carbons (Fsp3) is 0.273. The Kier molecular flexibility index (Phi) is 3.46. The van der Waals surface area contributed by atoms with Crippen LogP contribution in [0.3, 0.4) is 0 Å². The van der Waals surface area contributed by atoms with Gasteiger partial charge in [0.2, 0.25) is 0 Å². The van der Waals surface area contributed by atoms with E-state index in [9.17, 15) is 0 Å². The van der Waals surface area contributed by atoms with E-state index >= 15 is 0 Å². The number of thioether (sulfide) groups is 1. The van der Waals surface area contributed by atoms with Gasteiger partial charge in [0.1, 0.15) is 0 Å².